The predicted molar refractivity (Wildman–Crippen MR) is 137 cm³/mol. The van der Waals surface area contributed by atoms with Crippen LogP contribution in [0, 0.1) is 29.5 Å². The van der Waals surface area contributed by atoms with Crippen molar-refractivity contribution in [2.75, 3.05) is 20.8 Å². The minimum absolute atomic E-state index is 0.0116. The van der Waals surface area contributed by atoms with Crippen LogP contribution in [-0.2, 0) is 9.53 Å². The summed E-state index contributed by atoms with van der Waals surface area (Å²) in [6, 6.07) is 2.43. The summed E-state index contributed by atoms with van der Waals surface area (Å²) >= 11 is 0. The van der Waals surface area contributed by atoms with Gasteiger partial charge in [-0.15, -0.1) is 0 Å². The Balaban J connectivity index is 1.29. The quantitative estimate of drug-likeness (QED) is 0.500. The average molecular weight is 517 g/mol. The van der Waals surface area contributed by atoms with E-state index in [4.69, 9.17) is 14.2 Å². The highest BCUT2D eigenvalue weighted by molar-refractivity contribution is 5.98. The average Bonchev–Trinajstić information content (AvgIpc) is 3.47. The summed E-state index contributed by atoms with van der Waals surface area (Å²) in [7, 11) is 3.13. The molecule has 4 aliphatic rings. The van der Waals surface area contributed by atoms with Gasteiger partial charge in [0.1, 0.15) is 5.75 Å². The van der Waals surface area contributed by atoms with Crippen LogP contribution in [0.25, 0.3) is 0 Å². The van der Waals surface area contributed by atoms with E-state index in [1.165, 1.54) is 19.2 Å². The molecule has 0 aromatic heterocycles. The third-order valence-corrected chi connectivity index (χ3v) is 9.55. The van der Waals surface area contributed by atoms with E-state index in [1.54, 1.807) is 7.11 Å². The van der Waals surface area contributed by atoms with Crippen molar-refractivity contribution in [1.82, 2.24) is 10.6 Å². The van der Waals surface area contributed by atoms with Gasteiger partial charge in [-0.2, -0.15) is 0 Å². The number of fused-ring (bicyclic) bond motifs is 2. The van der Waals surface area contributed by atoms with Gasteiger partial charge in [-0.3, -0.25) is 9.59 Å². The molecule has 4 atom stereocenters. The lowest BCUT2D eigenvalue weighted by atomic mass is 9.79. The lowest BCUT2D eigenvalue weighted by Gasteiger charge is -2.41. The summed E-state index contributed by atoms with van der Waals surface area (Å²) in [6.45, 7) is 2.72. The van der Waals surface area contributed by atoms with Gasteiger partial charge >= 0.3 is 0 Å². The number of hydrogen-bond acceptors (Lipinski definition) is 5. The number of carbonyl (C=O) groups is 2. The molecule has 0 heterocycles. The number of halogens is 1. The molecule has 37 heavy (non-hydrogen) atoms. The number of benzene rings is 1. The van der Waals surface area contributed by atoms with Crippen LogP contribution >= 0.6 is 0 Å². The molecular formula is C29H41FN2O5. The van der Waals surface area contributed by atoms with Gasteiger partial charge in [-0.25, -0.2) is 4.39 Å². The maximum absolute atomic E-state index is 14.9. The zero-order chi connectivity index (χ0) is 26.2. The second-order valence-corrected chi connectivity index (χ2v) is 11.8. The summed E-state index contributed by atoms with van der Waals surface area (Å²) in [5.41, 5.74) is -0.0156. The molecule has 204 valence electrons. The van der Waals surface area contributed by atoms with E-state index in [1.807, 2.05) is 0 Å². The van der Waals surface area contributed by atoms with Gasteiger partial charge in [0.15, 0.2) is 11.6 Å². The first-order chi connectivity index (χ1) is 17.8. The van der Waals surface area contributed by atoms with Gasteiger partial charge < -0.3 is 24.8 Å². The zero-order valence-electron chi connectivity index (χ0n) is 22.3. The fourth-order valence-electron chi connectivity index (χ4n) is 6.99. The molecule has 7 nitrogen and oxygen atoms in total. The fourth-order valence-corrected chi connectivity index (χ4v) is 6.99. The minimum atomic E-state index is -0.535. The van der Waals surface area contributed by atoms with Gasteiger partial charge in [-0.05, 0) is 88.0 Å². The first kappa shape index (κ1) is 26.3. The van der Waals surface area contributed by atoms with Crippen LogP contribution < -0.4 is 20.1 Å². The first-order valence-corrected chi connectivity index (χ1v) is 14.0. The van der Waals surface area contributed by atoms with Gasteiger partial charge in [0.2, 0.25) is 5.91 Å². The molecule has 0 spiro atoms. The third kappa shape index (κ3) is 5.31. The topological polar surface area (TPSA) is 85.9 Å². The summed E-state index contributed by atoms with van der Waals surface area (Å²) in [5, 5.41) is 6.26. The molecule has 1 aromatic rings. The number of rotatable bonds is 9. The second kappa shape index (κ2) is 10.8. The van der Waals surface area contributed by atoms with Crippen molar-refractivity contribution in [2.45, 2.75) is 88.9 Å². The van der Waals surface area contributed by atoms with Crippen LogP contribution in [0.3, 0.4) is 0 Å². The van der Waals surface area contributed by atoms with E-state index in [-0.39, 0.29) is 64.4 Å². The van der Waals surface area contributed by atoms with Crippen LogP contribution in [0.15, 0.2) is 12.1 Å². The SMILES string of the molecule is COc1cc(F)c(O[C@H]2CC[C@H](C)CC2)cc1C(=O)N[C@@H]1[C@H]2CC[C@H](C2)[C@@H]1C(=O)NCC1(OC)CCC1. The molecule has 0 radical (unpaired) electrons. The molecule has 0 saturated heterocycles. The van der Waals surface area contributed by atoms with Crippen LogP contribution in [0.5, 0.6) is 11.5 Å². The van der Waals surface area contributed by atoms with Gasteiger partial charge in [0, 0.05) is 25.8 Å². The number of methoxy groups -OCH3 is 2. The highest BCUT2D eigenvalue weighted by atomic mass is 19.1. The number of ether oxygens (including phenoxy) is 3. The molecule has 8 heteroatoms. The Morgan fingerprint density at radius 1 is 1.03 bits per heavy atom. The number of amides is 2. The molecule has 0 unspecified atom stereocenters. The smallest absolute Gasteiger partial charge is 0.255 e. The molecule has 2 bridgehead atoms. The number of hydrogen-bond donors (Lipinski definition) is 2. The van der Waals surface area contributed by atoms with Crippen molar-refractivity contribution in [3.63, 3.8) is 0 Å². The predicted octanol–water partition coefficient (Wildman–Crippen LogP) is 4.62. The molecule has 4 fully saturated rings. The highest BCUT2D eigenvalue weighted by Gasteiger charge is 2.52. The monoisotopic (exact) mass is 516 g/mol. The molecule has 2 amide bonds. The zero-order valence-corrected chi connectivity index (χ0v) is 22.3. The van der Waals surface area contributed by atoms with E-state index in [2.05, 4.69) is 17.6 Å². The second-order valence-electron chi connectivity index (χ2n) is 11.8. The Bertz CT molecular complexity index is 999. The summed E-state index contributed by atoms with van der Waals surface area (Å²) in [5.74, 6) is 0.241. The number of carbonyl (C=O) groups excluding carboxylic acids is 2. The first-order valence-electron chi connectivity index (χ1n) is 14.0. The molecule has 5 rings (SSSR count). The van der Waals surface area contributed by atoms with Crippen molar-refractivity contribution in [3.05, 3.63) is 23.5 Å². The molecule has 1 aromatic carbocycles. The Morgan fingerprint density at radius 3 is 2.41 bits per heavy atom. The van der Waals surface area contributed by atoms with Gasteiger partial charge in [-0.1, -0.05) is 6.92 Å². The van der Waals surface area contributed by atoms with Crippen LogP contribution in [0.2, 0.25) is 0 Å². The van der Waals surface area contributed by atoms with E-state index < -0.39 is 5.82 Å². The number of nitrogens with one attached hydrogen (secondary N) is 2. The Morgan fingerprint density at radius 2 is 1.76 bits per heavy atom. The Labute approximate surface area is 219 Å². The lowest BCUT2D eigenvalue weighted by molar-refractivity contribution is -0.130. The fraction of sp³-hybridized carbons (Fsp3) is 0.724. The third-order valence-electron chi connectivity index (χ3n) is 9.55. The largest absolute Gasteiger partial charge is 0.496 e. The maximum Gasteiger partial charge on any atom is 0.255 e. The van der Waals surface area contributed by atoms with E-state index >= 15 is 0 Å². The van der Waals surface area contributed by atoms with Gasteiger partial charge in [0.05, 0.1) is 30.3 Å². The Kier molecular flexibility index (Phi) is 7.66. The highest BCUT2D eigenvalue weighted by Crippen LogP contribution is 2.49. The van der Waals surface area contributed by atoms with Crippen molar-refractivity contribution in [1.29, 1.82) is 0 Å². The van der Waals surface area contributed by atoms with Gasteiger partial charge in [0.25, 0.3) is 5.91 Å². The molecule has 2 N–H and O–H groups in total. The van der Waals surface area contributed by atoms with Crippen LogP contribution in [0.1, 0.15) is 81.5 Å². The standard InChI is InChI=1S/C29H41FN2O5/c1-17-5-9-20(10-6-17)37-24-14-21(23(35-2)15-22(24)30)27(33)32-26-19-8-7-18(13-19)25(26)28(34)31-16-29(36-3)11-4-12-29/h14-15,17-20,25-26H,4-13,16H2,1-3H3,(H,31,34)(H,32,33)/t17-,18-,19+,20-,25+,26-/m1/s1. The van der Waals surface area contributed by atoms with E-state index in [0.29, 0.717) is 12.5 Å². The summed E-state index contributed by atoms with van der Waals surface area (Å²) < 4.78 is 31.9. The summed E-state index contributed by atoms with van der Waals surface area (Å²) in [4.78, 5) is 26.8. The maximum atomic E-state index is 14.9. The molecule has 4 saturated carbocycles. The van der Waals surface area contributed by atoms with Crippen molar-refractivity contribution in [3.8, 4) is 11.5 Å². The Hall–Kier alpha value is -2.35. The van der Waals surface area contributed by atoms with Crippen LogP contribution in [0.4, 0.5) is 4.39 Å². The summed E-state index contributed by atoms with van der Waals surface area (Å²) in [6.07, 6.45) is 9.75. The van der Waals surface area contributed by atoms with Crippen molar-refractivity contribution in [2.24, 2.45) is 23.7 Å². The normalized spacial score (nSPS) is 31.9. The molecule has 0 aliphatic heterocycles. The van der Waals surface area contributed by atoms with Crippen molar-refractivity contribution >= 4 is 11.8 Å². The minimum Gasteiger partial charge on any atom is -0.496 e. The molecular weight excluding hydrogens is 475 g/mol. The van der Waals surface area contributed by atoms with Crippen LogP contribution in [-0.4, -0.2) is 50.3 Å². The van der Waals surface area contributed by atoms with E-state index in [0.717, 1.165) is 64.2 Å². The molecule has 4 aliphatic carbocycles. The van der Waals surface area contributed by atoms with E-state index in [9.17, 15) is 14.0 Å². The lowest BCUT2D eigenvalue weighted by Crippen LogP contribution is -2.54. The van der Waals surface area contributed by atoms with Crippen molar-refractivity contribution < 1.29 is 28.2 Å².